The van der Waals surface area contributed by atoms with Gasteiger partial charge in [0.2, 0.25) is 10.0 Å². The molecule has 2 aromatic rings. The molecule has 1 aliphatic rings. The topological polar surface area (TPSA) is 87.7 Å². The van der Waals surface area contributed by atoms with E-state index in [4.69, 9.17) is 27.9 Å². The van der Waals surface area contributed by atoms with E-state index in [0.717, 1.165) is 25.9 Å². The average Bonchev–Trinajstić information content (AvgIpc) is 2.77. The van der Waals surface area contributed by atoms with Gasteiger partial charge in [0, 0.05) is 37.8 Å². The van der Waals surface area contributed by atoms with Crippen molar-refractivity contribution in [2.45, 2.75) is 23.8 Å². The second kappa shape index (κ2) is 10.7. The van der Waals surface area contributed by atoms with E-state index in [1.807, 2.05) is 6.07 Å². The van der Waals surface area contributed by atoms with Gasteiger partial charge in [0.15, 0.2) is 0 Å². The number of halogens is 2. The average molecular weight is 486 g/mol. The van der Waals surface area contributed by atoms with Crippen molar-refractivity contribution in [2.24, 2.45) is 0 Å². The number of piperidine rings is 1. The Kier molecular flexibility index (Phi) is 8.18. The normalized spacial score (nSPS) is 15.6. The molecule has 2 aromatic carbocycles. The summed E-state index contributed by atoms with van der Waals surface area (Å²) in [4.78, 5) is 14.7. The van der Waals surface area contributed by atoms with Gasteiger partial charge in [0.1, 0.15) is 11.9 Å². The molecule has 3 rings (SSSR count). The summed E-state index contributed by atoms with van der Waals surface area (Å²) in [7, 11) is -2.25. The molecule has 0 bridgehead atoms. The minimum Gasteiger partial charge on any atom is -0.490 e. The standard InChI is InChI=1S/C21H25Cl2N3O4S/c1-24-31(28,29)18-4-2-3-15(13-18)21(27)25-9-12-26-10-7-16(8-11-26)30-17-5-6-19(22)20(23)14-17/h2-6,13-14,16,24H,7-12H2,1H3,(H,25,27). The molecule has 2 N–H and O–H groups in total. The van der Waals surface area contributed by atoms with E-state index in [2.05, 4.69) is 14.9 Å². The Morgan fingerprint density at radius 3 is 2.55 bits per heavy atom. The van der Waals surface area contributed by atoms with Crippen molar-refractivity contribution in [3.63, 3.8) is 0 Å². The summed E-state index contributed by atoms with van der Waals surface area (Å²) in [5.41, 5.74) is 0.310. The lowest BCUT2D eigenvalue weighted by Gasteiger charge is -2.32. The van der Waals surface area contributed by atoms with Crippen molar-refractivity contribution >= 4 is 39.1 Å². The van der Waals surface area contributed by atoms with Crippen LogP contribution in [-0.4, -0.2) is 58.6 Å². The number of hydrogen-bond donors (Lipinski definition) is 2. The van der Waals surface area contributed by atoms with Crippen molar-refractivity contribution in [2.75, 3.05) is 33.2 Å². The van der Waals surface area contributed by atoms with Gasteiger partial charge in [-0.15, -0.1) is 0 Å². The first-order chi connectivity index (χ1) is 14.8. The second-order valence-corrected chi connectivity index (χ2v) is 9.93. The molecule has 0 aromatic heterocycles. The molecule has 1 saturated heterocycles. The molecule has 1 amide bonds. The van der Waals surface area contributed by atoms with Gasteiger partial charge in [0.25, 0.3) is 5.91 Å². The molecule has 0 radical (unpaired) electrons. The summed E-state index contributed by atoms with van der Waals surface area (Å²) in [6.07, 6.45) is 1.86. The minimum atomic E-state index is -3.59. The number of likely N-dealkylation sites (tertiary alicyclic amines) is 1. The molecule has 10 heteroatoms. The maximum absolute atomic E-state index is 12.4. The van der Waals surface area contributed by atoms with Crippen LogP contribution in [0.15, 0.2) is 47.4 Å². The molecule has 0 unspecified atom stereocenters. The van der Waals surface area contributed by atoms with Crippen molar-refractivity contribution in [3.05, 3.63) is 58.1 Å². The van der Waals surface area contributed by atoms with Crippen LogP contribution in [0.5, 0.6) is 5.75 Å². The molecule has 0 saturated carbocycles. The van der Waals surface area contributed by atoms with Crippen molar-refractivity contribution in [1.82, 2.24) is 14.9 Å². The monoisotopic (exact) mass is 485 g/mol. The fraction of sp³-hybridized carbons (Fsp3) is 0.381. The van der Waals surface area contributed by atoms with Crippen LogP contribution in [0.25, 0.3) is 0 Å². The lowest BCUT2D eigenvalue weighted by atomic mass is 10.1. The van der Waals surface area contributed by atoms with Gasteiger partial charge in [-0.1, -0.05) is 29.3 Å². The maximum atomic E-state index is 12.4. The van der Waals surface area contributed by atoms with Gasteiger partial charge in [-0.05, 0) is 50.2 Å². The second-order valence-electron chi connectivity index (χ2n) is 7.23. The molecular formula is C21H25Cl2N3O4S. The predicted octanol–water partition coefficient (Wildman–Crippen LogP) is 3.17. The molecule has 0 spiro atoms. The third kappa shape index (κ3) is 6.57. The van der Waals surface area contributed by atoms with E-state index in [9.17, 15) is 13.2 Å². The predicted molar refractivity (Wildman–Crippen MR) is 122 cm³/mol. The number of nitrogens with zero attached hydrogens (tertiary/aromatic N) is 1. The number of carbonyl (C=O) groups excluding carboxylic acids is 1. The summed E-state index contributed by atoms with van der Waals surface area (Å²) in [6.45, 7) is 2.90. The van der Waals surface area contributed by atoms with E-state index < -0.39 is 10.0 Å². The fourth-order valence-corrected chi connectivity index (χ4v) is 4.41. The third-order valence-corrected chi connectivity index (χ3v) is 7.27. The molecule has 0 aliphatic carbocycles. The zero-order chi connectivity index (χ0) is 22.4. The van der Waals surface area contributed by atoms with Gasteiger partial charge in [-0.3, -0.25) is 4.79 Å². The fourth-order valence-electron chi connectivity index (χ4n) is 3.35. The largest absolute Gasteiger partial charge is 0.490 e. The summed E-state index contributed by atoms with van der Waals surface area (Å²) < 4.78 is 32.0. The highest BCUT2D eigenvalue weighted by molar-refractivity contribution is 7.89. The third-order valence-electron chi connectivity index (χ3n) is 5.12. The number of sulfonamides is 1. The van der Waals surface area contributed by atoms with Crippen molar-refractivity contribution in [3.8, 4) is 5.75 Å². The summed E-state index contributed by atoms with van der Waals surface area (Å²) in [5.74, 6) is 0.411. The van der Waals surface area contributed by atoms with Gasteiger partial charge in [-0.2, -0.15) is 0 Å². The Balaban J connectivity index is 1.42. The number of rotatable bonds is 8. The SMILES string of the molecule is CNS(=O)(=O)c1cccc(C(=O)NCCN2CCC(Oc3ccc(Cl)c(Cl)c3)CC2)c1. The van der Waals surface area contributed by atoms with E-state index in [1.165, 1.54) is 19.2 Å². The quantitative estimate of drug-likeness (QED) is 0.599. The number of hydrogen-bond acceptors (Lipinski definition) is 5. The Labute approximate surface area is 192 Å². The van der Waals surface area contributed by atoms with Gasteiger partial charge < -0.3 is 15.0 Å². The molecule has 7 nitrogen and oxygen atoms in total. The first-order valence-electron chi connectivity index (χ1n) is 9.94. The molecule has 1 fully saturated rings. The Bertz CT molecular complexity index is 1030. The Morgan fingerprint density at radius 2 is 1.87 bits per heavy atom. The number of carbonyl (C=O) groups is 1. The number of benzene rings is 2. The van der Waals surface area contributed by atoms with E-state index in [0.29, 0.717) is 34.4 Å². The smallest absolute Gasteiger partial charge is 0.251 e. The molecule has 1 heterocycles. The summed E-state index contributed by atoms with van der Waals surface area (Å²) in [5, 5.41) is 3.83. The van der Waals surface area contributed by atoms with Gasteiger partial charge >= 0.3 is 0 Å². The van der Waals surface area contributed by atoms with Crippen LogP contribution in [0.2, 0.25) is 10.0 Å². The highest BCUT2D eigenvalue weighted by Crippen LogP contribution is 2.28. The highest BCUT2D eigenvalue weighted by atomic mass is 35.5. The van der Waals surface area contributed by atoms with Crippen LogP contribution in [-0.2, 0) is 10.0 Å². The summed E-state index contributed by atoms with van der Waals surface area (Å²) >= 11 is 12.0. The Morgan fingerprint density at radius 1 is 1.13 bits per heavy atom. The number of ether oxygens (including phenoxy) is 1. The van der Waals surface area contributed by atoms with Crippen LogP contribution in [0.3, 0.4) is 0 Å². The zero-order valence-corrected chi connectivity index (χ0v) is 19.4. The molecule has 168 valence electrons. The summed E-state index contributed by atoms with van der Waals surface area (Å²) in [6, 6.07) is 11.2. The van der Waals surface area contributed by atoms with Crippen LogP contribution < -0.4 is 14.8 Å². The lowest BCUT2D eigenvalue weighted by Crippen LogP contribution is -2.42. The minimum absolute atomic E-state index is 0.0618. The lowest BCUT2D eigenvalue weighted by molar-refractivity contribution is 0.0905. The van der Waals surface area contributed by atoms with Crippen LogP contribution in [0, 0.1) is 0 Å². The molecular weight excluding hydrogens is 461 g/mol. The van der Waals surface area contributed by atoms with Crippen molar-refractivity contribution < 1.29 is 17.9 Å². The molecule has 1 aliphatic heterocycles. The maximum Gasteiger partial charge on any atom is 0.251 e. The van der Waals surface area contributed by atoms with Crippen LogP contribution in [0.1, 0.15) is 23.2 Å². The van der Waals surface area contributed by atoms with Crippen LogP contribution >= 0.6 is 23.2 Å². The first-order valence-corrected chi connectivity index (χ1v) is 12.2. The first kappa shape index (κ1) is 23.8. The Hall–Kier alpha value is -1.84. The highest BCUT2D eigenvalue weighted by Gasteiger charge is 2.21. The van der Waals surface area contributed by atoms with Crippen molar-refractivity contribution in [1.29, 1.82) is 0 Å². The molecule has 31 heavy (non-hydrogen) atoms. The number of nitrogens with one attached hydrogen (secondary N) is 2. The van der Waals surface area contributed by atoms with E-state index in [-0.39, 0.29) is 16.9 Å². The van der Waals surface area contributed by atoms with E-state index >= 15 is 0 Å². The van der Waals surface area contributed by atoms with E-state index in [1.54, 1.807) is 24.3 Å². The zero-order valence-electron chi connectivity index (χ0n) is 17.1. The number of amides is 1. The van der Waals surface area contributed by atoms with Gasteiger partial charge in [0.05, 0.1) is 14.9 Å². The van der Waals surface area contributed by atoms with Crippen LogP contribution in [0.4, 0.5) is 0 Å². The molecule has 0 atom stereocenters. The van der Waals surface area contributed by atoms with Gasteiger partial charge in [-0.25, -0.2) is 13.1 Å².